The van der Waals surface area contributed by atoms with Crippen molar-refractivity contribution >= 4 is 33.4 Å². The van der Waals surface area contributed by atoms with E-state index >= 15 is 0 Å². The Morgan fingerprint density at radius 3 is 2.53 bits per heavy atom. The number of anilines is 1. The molecule has 1 aromatic carbocycles. The van der Waals surface area contributed by atoms with Gasteiger partial charge in [0.25, 0.3) is 0 Å². The molecule has 0 fully saturated rings. The Bertz CT molecular complexity index is 325. The minimum atomic E-state index is 0.689. The fourth-order valence-electron chi connectivity index (χ4n) is 1.09. The maximum absolute atomic E-state index is 5.69. The van der Waals surface area contributed by atoms with Crippen LogP contribution in [0.1, 0.15) is 26.3 Å². The standard InChI is InChI=1S/C12H18BrNS/c1-8(2)9(3)15-7-10-4-5-11(14)6-12(10)13/h4-6,8-9H,7,14H2,1-3H3. The SMILES string of the molecule is CC(C)C(C)SCc1ccc(N)cc1Br. The molecule has 0 bridgehead atoms. The number of rotatable bonds is 4. The fraction of sp³-hybridized carbons (Fsp3) is 0.500. The molecule has 1 atom stereocenters. The first kappa shape index (κ1) is 12.9. The summed E-state index contributed by atoms with van der Waals surface area (Å²) in [6.07, 6.45) is 0. The summed E-state index contributed by atoms with van der Waals surface area (Å²) in [5.74, 6) is 1.77. The fourth-order valence-corrected chi connectivity index (χ4v) is 2.90. The second kappa shape index (κ2) is 5.80. The maximum atomic E-state index is 5.69. The molecule has 0 radical (unpaired) electrons. The highest BCUT2D eigenvalue weighted by molar-refractivity contribution is 9.10. The molecule has 1 aromatic rings. The van der Waals surface area contributed by atoms with Crippen molar-refractivity contribution in [1.29, 1.82) is 0 Å². The summed E-state index contributed by atoms with van der Waals surface area (Å²) in [6, 6.07) is 6.02. The predicted octanol–water partition coefficient (Wildman–Crippen LogP) is 4.31. The van der Waals surface area contributed by atoms with Crippen LogP contribution in [0.2, 0.25) is 0 Å². The first-order chi connectivity index (χ1) is 7.00. The van der Waals surface area contributed by atoms with Crippen LogP contribution in [0.25, 0.3) is 0 Å². The van der Waals surface area contributed by atoms with Gasteiger partial charge < -0.3 is 5.73 Å². The van der Waals surface area contributed by atoms with Crippen molar-refractivity contribution in [2.45, 2.75) is 31.8 Å². The van der Waals surface area contributed by atoms with Gasteiger partial charge in [-0.1, -0.05) is 42.8 Å². The van der Waals surface area contributed by atoms with Crippen LogP contribution in [0.5, 0.6) is 0 Å². The molecule has 15 heavy (non-hydrogen) atoms. The smallest absolute Gasteiger partial charge is 0.0325 e. The quantitative estimate of drug-likeness (QED) is 0.835. The molecule has 0 spiro atoms. The second-order valence-corrected chi connectivity index (χ2v) is 6.33. The number of hydrogen-bond donors (Lipinski definition) is 1. The third kappa shape index (κ3) is 4.07. The monoisotopic (exact) mass is 287 g/mol. The van der Waals surface area contributed by atoms with Gasteiger partial charge in [-0.05, 0) is 23.6 Å². The molecule has 0 amide bonds. The molecule has 0 aromatic heterocycles. The average Bonchev–Trinajstić information content (AvgIpc) is 2.15. The van der Waals surface area contributed by atoms with Gasteiger partial charge in [-0.25, -0.2) is 0 Å². The zero-order valence-corrected chi connectivity index (χ0v) is 11.9. The number of benzene rings is 1. The molecule has 0 saturated heterocycles. The van der Waals surface area contributed by atoms with Gasteiger partial charge in [0.1, 0.15) is 0 Å². The summed E-state index contributed by atoms with van der Waals surface area (Å²) in [5, 5.41) is 0.689. The van der Waals surface area contributed by atoms with E-state index in [1.54, 1.807) is 0 Å². The molecule has 0 aliphatic heterocycles. The average molecular weight is 288 g/mol. The maximum Gasteiger partial charge on any atom is 0.0325 e. The zero-order valence-electron chi connectivity index (χ0n) is 9.46. The number of nitrogen functional groups attached to an aromatic ring is 1. The lowest BCUT2D eigenvalue weighted by atomic mass is 10.2. The van der Waals surface area contributed by atoms with E-state index in [0.717, 1.165) is 21.8 Å². The summed E-state index contributed by atoms with van der Waals surface area (Å²) in [4.78, 5) is 0. The molecule has 2 N–H and O–H groups in total. The predicted molar refractivity (Wildman–Crippen MR) is 74.1 cm³/mol. The number of thioether (sulfide) groups is 1. The molecular weight excluding hydrogens is 270 g/mol. The van der Waals surface area contributed by atoms with Crippen LogP contribution in [0.15, 0.2) is 22.7 Å². The van der Waals surface area contributed by atoms with Crippen LogP contribution >= 0.6 is 27.7 Å². The normalized spacial score (nSPS) is 13.1. The highest BCUT2D eigenvalue weighted by Gasteiger charge is 2.08. The lowest BCUT2D eigenvalue weighted by Gasteiger charge is -2.15. The van der Waals surface area contributed by atoms with Crippen LogP contribution in [-0.4, -0.2) is 5.25 Å². The van der Waals surface area contributed by atoms with E-state index in [9.17, 15) is 0 Å². The van der Waals surface area contributed by atoms with E-state index in [2.05, 4.69) is 42.8 Å². The summed E-state index contributed by atoms with van der Waals surface area (Å²) >= 11 is 5.53. The van der Waals surface area contributed by atoms with E-state index in [-0.39, 0.29) is 0 Å². The van der Waals surface area contributed by atoms with E-state index in [1.165, 1.54) is 5.56 Å². The van der Waals surface area contributed by atoms with E-state index < -0.39 is 0 Å². The van der Waals surface area contributed by atoms with Crippen LogP contribution in [0, 0.1) is 5.92 Å². The lowest BCUT2D eigenvalue weighted by Crippen LogP contribution is -2.05. The van der Waals surface area contributed by atoms with Gasteiger partial charge in [-0.3, -0.25) is 0 Å². The van der Waals surface area contributed by atoms with Gasteiger partial charge in [0.2, 0.25) is 0 Å². The Labute approximate surface area is 105 Å². The molecule has 1 unspecified atom stereocenters. The molecule has 1 rings (SSSR count). The van der Waals surface area contributed by atoms with E-state index in [4.69, 9.17) is 5.73 Å². The summed E-state index contributed by atoms with van der Waals surface area (Å²) in [6.45, 7) is 6.80. The van der Waals surface area contributed by atoms with E-state index in [1.807, 2.05) is 23.9 Å². The second-order valence-electron chi connectivity index (χ2n) is 4.11. The highest BCUT2D eigenvalue weighted by atomic mass is 79.9. The number of hydrogen-bond acceptors (Lipinski definition) is 2. The summed E-state index contributed by atoms with van der Waals surface area (Å²) in [5.41, 5.74) is 7.83. The molecular formula is C12H18BrNS. The molecule has 0 aliphatic rings. The summed E-state index contributed by atoms with van der Waals surface area (Å²) < 4.78 is 1.12. The summed E-state index contributed by atoms with van der Waals surface area (Å²) in [7, 11) is 0. The van der Waals surface area contributed by atoms with Crippen molar-refractivity contribution in [3.8, 4) is 0 Å². The molecule has 0 heterocycles. The van der Waals surface area contributed by atoms with Crippen molar-refractivity contribution in [3.63, 3.8) is 0 Å². The molecule has 84 valence electrons. The van der Waals surface area contributed by atoms with Crippen LogP contribution in [0.3, 0.4) is 0 Å². The van der Waals surface area contributed by atoms with Crippen LogP contribution in [-0.2, 0) is 5.75 Å². The van der Waals surface area contributed by atoms with Gasteiger partial charge in [0, 0.05) is 21.2 Å². The van der Waals surface area contributed by atoms with Crippen molar-refractivity contribution in [1.82, 2.24) is 0 Å². The number of halogens is 1. The largest absolute Gasteiger partial charge is 0.399 e. The van der Waals surface area contributed by atoms with Crippen LogP contribution < -0.4 is 5.73 Å². The zero-order chi connectivity index (χ0) is 11.4. The van der Waals surface area contributed by atoms with Crippen LogP contribution in [0.4, 0.5) is 5.69 Å². The Morgan fingerprint density at radius 2 is 2.00 bits per heavy atom. The minimum Gasteiger partial charge on any atom is -0.399 e. The van der Waals surface area contributed by atoms with Gasteiger partial charge in [-0.2, -0.15) is 11.8 Å². The Hall–Kier alpha value is -0.150. The Kier molecular flexibility index (Phi) is 5.00. The number of nitrogens with two attached hydrogens (primary N) is 1. The van der Waals surface area contributed by atoms with Crippen molar-refractivity contribution in [3.05, 3.63) is 28.2 Å². The van der Waals surface area contributed by atoms with Gasteiger partial charge in [0.15, 0.2) is 0 Å². The highest BCUT2D eigenvalue weighted by Crippen LogP contribution is 2.28. The first-order valence-electron chi connectivity index (χ1n) is 5.16. The molecule has 1 nitrogen and oxygen atoms in total. The Morgan fingerprint density at radius 1 is 1.33 bits per heavy atom. The lowest BCUT2D eigenvalue weighted by molar-refractivity contribution is 0.642. The van der Waals surface area contributed by atoms with E-state index in [0.29, 0.717) is 5.25 Å². The molecule has 0 aliphatic carbocycles. The van der Waals surface area contributed by atoms with Crippen molar-refractivity contribution < 1.29 is 0 Å². The first-order valence-corrected chi connectivity index (χ1v) is 7.00. The van der Waals surface area contributed by atoms with Gasteiger partial charge in [0.05, 0.1) is 0 Å². The Balaban J connectivity index is 2.58. The minimum absolute atomic E-state index is 0.689. The molecule has 0 saturated carbocycles. The van der Waals surface area contributed by atoms with Gasteiger partial charge in [-0.15, -0.1) is 0 Å². The molecule has 3 heteroatoms. The van der Waals surface area contributed by atoms with Crippen molar-refractivity contribution in [2.75, 3.05) is 5.73 Å². The third-order valence-corrected chi connectivity index (χ3v) is 4.80. The topological polar surface area (TPSA) is 26.0 Å². The van der Waals surface area contributed by atoms with Gasteiger partial charge >= 0.3 is 0 Å². The van der Waals surface area contributed by atoms with Crippen molar-refractivity contribution in [2.24, 2.45) is 5.92 Å². The third-order valence-electron chi connectivity index (χ3n) is 2.52.